The molecule has 94 valence electrons. The highest BCUT2D eigenvalue weighted by Crippen LogP contribution is 2.35. The van der Waals surface area contributed by atoms with Crippen molar-refractivity contribution in [1.82, 2.24) is 15.3 Å². The summed E-state index contributed by atoms with van der Waals surface area (Å²) in [7, 11) is 1.63. The standard InChI is InChI=1S/C12H19N3O2/c1-7-9(8-5-3-4-6-8)15-11(14-7)10(13-2)12(16)17/h8,10,13H,3-6H2,1-2H3,(H,14,15)(H,16,17). The first-order valence-electron chi connectivity index (χ1n) is 6.10. The maximum Gasteiger partial charge on any atom is 0.328 e. The predicted molar refractivity (Wildman–Crippen MR) is 64.0 cm³/mol. The monoisotopic (exact) mass is 237 g/mol. The van der Waals surface area contributed by atoms with Gasteiger partial charge in [-0.3, -0.25) is 4.79 Å². The van der Waals surface area contributed by atoms with Crippen LogP contribution in [-0.4, -0.2) is 28.1 Å². The first kappa shape index (κ1) is 12.1. The molecule has 1 unspecified atom stereocenters. The first-order valence-corrected chi connectivity index (χ1v) is 6.10. The van der Waals surface area contributed by atoms with Crippen molar-refractivity contribution in [3.05, 3.63) is 17.2 Å². The summed E-state index contributed by atoms with van der Waals surface area (Å²) in [6.45, 7) is 1.97. The maximum absolute atomic E-state index is 11.1. The van der Waals surface area contributed by atoms with Crippen LogP contribution in [0.4, 0.5) is 0 Å². The molecule has 1 fully saturated rings. The number of hydrogen-bond acceptors (Lipinski definition) is 3. The number of H-pyrrole nitrogens is 1. The lowest BCUT2D eigenvalue weighted by atomic mass is 10.0. The number of aryl methyl sites for hydroxylation is 1. The minimum atomic E-state index is -0.903. The largest absolute Gasteiger partial charge is 0.480 e. The number of aliphatic carboxylic acids is 1. The Labute approximate surface area is 101 Å². The molecule has 5 nitrogen and oxygen atoms in total. The van der Waals surface area contributed by atoms with Crippen LogP contribution in [0.25, 0.3) is 0 Å². The van der Waals surface area contributed by atoms with Gasteiger partial charge in [0.25, 0.3) is 0 Å². The molecule has 17 heavy (non-hydrogen) atoms. The predicted octanol–water partition coefficient (Wildman–Crippen LogP) is 1.72. The average Bonchev–Trinajstić information content (AvgIpc) is 2.87. The Kier molecular flexibility index (Phi) is 3.47. The number of nitrogens with zero attached hydrogens (tertiary/aromatic N) is 1. The lowest BCUT2D eigenvalue weighted by Crippen LogP contribution is -2.26. The number of carboxylic acids is 1. The van der Waals surface area contributed by atoms with Gasteiger partial charge in [0, 0.05) is 11.6 Å². The molecule has 1 aromatic heterocycles. The Balaban J connectivity index is 2.25. The molecule has 0 radical (unpaired) electrons. The zero-order chi connectivity index (χ0) is 12.4. The second kappa shape index (κ2) is 4.87. The molecule has 0 amide bonds. The highest BCUT2D eigenvalue weighted by Gasteiger charge is 2.26. The number of aromatic nitrogens is 2. The first-order chi connectivity index (χ1) is 8.13. The molecule has 0 bridgehead atoms. The normalized spacial score (nSPS) is 18.5. The van der Waals surface area contributed by atoms with Crippen molar-refractivity contribution in [3.63, 3.8) is 0 Å². The number of hydrogen-bond donors (Lipinski definition) is 3. The summed E-state index contributed by atoms with van der Waals surface area (Å²) in [6.07, 6.45) is 4.84. The molecule has 2 rings (SSSR count). The third-order valence-electron chi connectivity index (χ3n) is 3.49. The van der Waals surface area contributed by atoms with Crippen molar-refractivity contribution >= 4 is 5.97 Å². The fraction of sp³-hybridized carbons (Fsp3) is 0.667. The fourth-order valence-corrected chi connectivity index (χ4v) is 2.61. The van der Waals surface area contributed by atoms with Crippen molar-refractivity contribution in [2.45, 2.75) is 44.6 Å². The summed E-state index contributed by atoms with van der Waals surface area (Å²) < 4.78 is 0. The van der Waals surface area contributed by atoms with Crippen LogP contribution in [0.15, 0.2) is 0 Å². The van der Waals surface area contributed by atoms with Crippen molar-refractivity contribution in [2.24, 2.45) is 0 Å². The van der Waals surface area contributed by atoms with E-state index in [-0.39, 0.29) is 0 Å². The molecule has 1 aromatic rings. The SMILES string of the molecule is CNC(C(=O)O)c1nc(C2CCCC2)c(C)[nH]1. The third kappa shape index (κ3) is 2.34. The molecule has 3 N–H and O–H groups in total. The molecule has 1 aliphatic rings. The Morgan fingerprint density at radius 1 is 1.53 bits per heavy atom. The molecular formula is C12H19N3O2. The van der Waals surface area contributed by atoms with E-state index in [1.165, 1.54) is 25.7 Å². The van der Waals surface area contributed by atoms with Crippen molar-refractivity contribution in [3.8, 4) is 0 Å². The quantitative estimate of drug-likeness (QED) is 0.745. The summed E-state index contributed by atoms with van der Waals surface area (Å²) in [4.78, 5) is 18.6. The highest BCUT2D eigenvalue weighted by molar-refractivity contribution is 5.74. The van der Waals surface area contributed by atoms with E-state index < -0.39 is 12.0 Å². The van der Waals surface area contributed by atoms with Gasteiger partial charge >= 0.3 is 5.97 Å². The lowest BCUT2D eigenvalue weighted by molar-refractivity contribution is -0.139. The van der Waals surface area contributed by atoms with Gasteiger partial charge in [0.05, 0.1) is 5.69 Å². The Bertz CT molecular complexity index is 408. The average molecular weight is 237 g/mol. The number of nitrogens with one attached hydrogen (secondary N) is 2. The van der Waals surface area contributed by atoms with Gasteiger partial charge < -0.3 is 15.4 Å². The molecule has 1 atom stereocenters. The second-order valence-corrected chi connectivity index (χ2v) is 4.67. The zero-order valence-electron chi connectivity index (χ0n) is 10.3. The van der Waals surface area contributed by atoms with Gasteiger partial charge in [0.1, 0.15) is 5.82 Å². The van der Waals surface area contributed by atoms with Crippen molar-refractivity contribution < 1.29 is 9.90 Å². The molecule has 5 heteroatoms. The van der Waals surface area contributed by atoms with Crippen LogP contribution in [0, 0.1) is 6.92 Å². The molecule has 1 saturated carbocycles. The van der Waals surface area contributed by atoms with E-state index in [0.717, 1.165) is 11.4 Å². The number of aromatic amines is 1. The molecular weight excluding hydrogens is 218 g/mol. The molecule has 0 aromatic carbocycles. The third-order valence-corrected chi connectivity index (χ3v) is 3.49. The number of carbonyl (C=O) groups is 1. The van der Waals surface area contributed by atoms with E-state index in [1.807, 2.05) is 6.92 Å². The van der Waals surface area contributed by atoms with Gasteiger partial charge in [-0.25, -0.2) is 4.98 Å². The van der Waals surface area contributed by atoms with Crippen molar-refractivity contribution in [2.75, 3.05) is 7.05 Å². The van der Waals surface area contributed by atoms with Crippen LogP contribution in [0.1, 0.15) is 54.9 Å². The van der Waals surface area contributed by atoms with Crippen LogP contribution in [0.3, 0.4) is 0 Å². The number of imidazole rings is 1. The summed E-state index contributed by atoms with van der Waals surface area (Å²) in [5.74, 6) is 0.116. The maximum atomic E-state index is 11.1. The van der Waals surface area contributed by atoms with Crippen LogP contribution >= 0.6 is 0 Å². The summed E-state index contributed by atoms with van der Waals surface area (Å²) in [5, 5.41) is 11.8. The zero-order valence-corrected chi connectivity index (χ0v) is 10.3. The minimum Gasteiger partial charge on any atom is -0.480 e. The van der Waals surface area contributed by atoms with Crippen LogP contribution < -0.4 is 5.32 Å². The van der Waals surface area contributed by atoms with Gasteiger partial charge in [-0.15, -0.1) is 0 Å². The van der Waals surface area contributed by atoms with E-state index in [2.05, 4.69) is 15.3 Å². The van der Waals surface area contributed by atoms with E-state index in [4.69, 9.17) is 5.11 Å². The van der Waals surface area contributed by atoms with Gasteiger partial charge in [-0.2, -0.15) is 0 Å². The van der Waals surface area contributed by atoms with Gasteiger partial charge in [-0.05, 0) is 26.8 Å². The van der Waals surface area contributed by atoms with Crippen LogP contribution in [0.2, 0.25) is 0 Å². The number of carboxylic acid groups (broad SMARTS) is 1. The molecule has 1 heterocycles. The van der Waals surface area contributed by atoms with E-state index in [1.54, 1.807) is 7.05 Å². The molecule has 0 aliphatic heterocycles. The Hall–Kier alpha value is -1.36. The molecule has 1 aliphatic carbocycles. The van der Waals surface area contributed by atoms with E-state index in [9.17, 15) is 4.79 Å². The topological polar surface area (TPSA) is 78.0 Å². The Morgan fingerprint density at radius 2 is 2.18 bits per heavy atom. The fourth-order valence-electron chi connectivity index (χ4n) is 2.61. The number of rotatable bonds is 4. The van der Waals surface area contributed by atoms with Crippen LogP contribution in [-0.2, 0) is 4.79 Å². The van der Waals surface area contributed by atoms with E-state index in [0.29, 0.717) is 11.7 Å². The Morgan fingerprint density at radius 3 is 2.71 bits per heavy atom. The van der Waals surface area contributed by atoms with Gasteiger partial charge in [-0.1, -0.05) is 12.8 Å². The molecule has 0 spiro atoms. The lowest BCUT2D eigenvalue weighted by Gasteiger charge is -2.07. The summed E-state index contributed by atoms with van der Waals surface area (Å²) >= 11 is 0. The molecule has 0 saturated heterocycles. The van der Waals surface area contributed by atoms with Gasteiger partial charge in [0.15, 0.2) is 6.04 Å². The van der Waals surface area contributed by atoms with E-state index >= 15 is 0 Å². The van der Waals surface area contributed by atoms with Crippen molar-refractivity contribution in [1.29, 1.82) is 0 Å². The highest BCUT2D eigenvalue weighted by atomic mass is 16.4. The van der Waals surface area contributed by atoms with Crippen LogP contribution in [0.5, 0.6) is 0 Å². The smallest absolute Gasteiger partial charge is 0.328 e. The minimum absolute atomic E-state index is 0.506. The second-order valence-electron chi connectivity index (χ2n) is 4.67. The summed E-state index contributed by atoms with van der Waals surface area (Å²) in [5.41, 5.74) is 2.06. The number of likely N-dealkylation sites (N-methyl/N-ethyl adjacent to an activating group) is 1. The summed E-state index contributed by atoms with van der Waals surface area (Å²) in [6, 6.07) is -0.746. The van der Waals surface area contributed by atoms with Gasteiger partial charge in [0.2, 0.25) is 0 Å².